The Bertz CT molecular complexity index is 607. The molecule has 0 radical (unpaired) electrons. The predicted molar refractivity (Wildman–Crippen MR) is 73.6 cm³/mol. The molecule has 104 valence electrons. The van der Waals surface area contributed by atoms with Gasteiger partial charge in [0.1, 0.15) is 5.69 Å². The zero-order valence-corrected chi connectivity index (χ0v) is 11.3. The Hall–Kier alpha value is -1.75. The van der Waals surface area contributed by atoms with E-state index in [1.807, 2.05) is 12.1 Å². The Kier molecular flexibility index (Phi) is 2.80. The Morgan fingerprint density at radius 1 is 1.25 bits per heavy atom. The molecule has 0 spiro atoms. The summed E-state index contributed by atoms with van der Waals surface area (Å²) in [6, 6.07) is 3.84. The maximum atomic E-state index is 5.57. The van der Waals surface area contributed by atoms with Crippen molar-refractivity contribution in [1.29, 1.82) is 0 Å². The molecule has 2 fully saturated rings. The molecule has 2 bridgehead atoms. The second-order valence-electron chi connectivity index (χ2n) is 5.99. The van der Waals surface area contributed by atoms with E-state index in [-0.39, 0.29) is 0 Å². The number of nitrogens with zero attached hydrogens (tertiary/aromatic N) is 3. The summed E-state index contributed by atoms with van der Waals surface area (Å²) in [4.78, 5) is 8.90. The predicted octanol–water partition coefficient (Wildman–Crippen LogP) is 2.49. The van der Waals surface area contributed by atoms with Crippen molar-refractivity contribution in [1.82, 2.24) is 15.1 Å². The number of hydrogen-bond acceptors (Lipinski definition) is 5. The first-order valence-electron chi connectivity index (χ1n) is 7.32. The molecule has 5 nitrogen and oxygen atoms in total. The zero-order chi connectivity index (χ0) is 13.5. The van der Waals surface area contributed by atoms with E-state index in [1.54, 1.807) is 6.20 Å². The third kappa shape index (κ3) is 1.93. The third-order valence-electron chi connectivity index (χ3n) is 4.79. The summed E-state index contributed by atoms with van der Waals surface area (Å²) in [6.45, 7) is 0.494. The van der Waals surface area contributed by atoms with Crippen molar-refractivity contribution in [2.24, 2.45) is 17.6 Å². The molecule has 2 aromatic rings. The number of aromatic nitrogens is 3. The van der Waals surface area contributed by atoms with Gasteiger partial charge in [0.05, 0.1) is 0 Å². The molecule has 5 heteroatoms. The smallest absolute Gasteiger partial charge is 0.276 e. The minimum atomic E-state index is 0.494. The molecular formula is C15H18N4O. The average molecular weight is 270 g/mol. The lowest BCUT2D eigenvalue weighted by Gasteiger charge is -2.17. The van der Waals surface area contributed by atoms with Crippen LogP contribution in [0.15, 0.2) is 22.9 Å². The lowest BCUT2D eigenvalue weighted by atomic mass is 9.88. The minimum absolute atomic E-state index is 0.494. The van der Waals surface area contributed by atoms with E-state index in [1.165, 1.54) is 25.7 Å². The highest BCUT2D eigenvalue weighted by atomic mass is 16.5. The van der Waals surface area contributed by atoms with E-state index in [9.17, 15) is 0 Å². The van der Waals surface area contributed by atoms with Crippen LogP contribution in [0.3, 0.4) is 0 Å². The van der Waals surface area contributed by atoms with Crippen LogP contribution in [0.4, 0.5) is 0 Å². The van der Waals surface area contributed by atoms with Gasteiger partial charge >= 0.3 is 0 Å². The zero-order valence-electron chi connectivity index (χ0n) is 11.3. The van der Waals surface area contributed by atoms with Crippen molar-refractivity contribution in [3.63, 3.8) is 0 Å². The summed E-state index contributed by atoms with van der Waals surface area (Å²) in [6.07, 6.45) is 7.04. The van der Waals surface area contributed by atoms with Gasteiger partial charge in [0.25, 0.3) is 5.89 Å². The monoisotopic (exact) mass is 270 g/mol. The van der Waals surface area contributed by atoms with Crippen molar-refractivity contribution >= 4 is 0 Å². The van der Waals surface area contributed by atoms with Gasteiger partial charge < -0.3 is 10.3 Å². The number of pyridine rings is 1. The normalized spacial score (nSPS) is 28.1. The average Bonchev–Trinajstić information content (AvgIpc) is 3.23. The number of rotatable bonds is 3. The standard InChI is InChI=1S/C15H18N4O/c16-7-10-2-4-13(17-8-10)15-18-14(19-20-15)12-6-9-1-3-11(12)5-9/h2,4,8-9,11-12H,1,3,5-7,16H2. The summed E-state index contributed by atoms with van der Waals surface area (Å²) in [5, 5.41) is 4.19. The first-order chi connectivity index (χ1) is 9.83. The molecule has 3 unspecified atom stereocenters. The molecule has 4 rings (SSSR count). The molecule has 0 saturated heterocycles. The van der Waals surface area contributed by atoms with Crippen molar-refractivity contribution in [2.45, 2.75) is 38.1 Å². The van der Waals surface area contributed by atoms with Crippen LogP contribution in [-0.2, 0) is 6.54 Å². The second kappa shape index (κ2) is 4.66. The summed E-state index contributed by atoms with van der Waals surface area (Å²) in [5.74, 6) is 3.53. The van der Waals surface area contributed by atoms with Crippen LogP contribution >= 0.6 is 0 Å². The van der Waals surface area contributed by atoms with E-state index in [4.69, 9.17) is 10.3 Å². The fourth-order valence-electron chi connectivity index (χ4n) is 3.72. The van der Waals surface area contributed by atoms with Gasteiger partial charge in [-0.25, -0.2) is 0 Å². The summed E-state index contributed by atoms with van der Waals surface area (Å²) >= 11 is 0. The van der Waals surface area contributed by atoms with Crippen LogP contribution < -0.4 is 5.73 Å². The Labute approximate surface area is 117 Å². The third-order valence-corrected chi connectivity index (χ3v) is 4.79. The number of nitrogens with two attached hydrogens (primary N) is 1. The Balaban J connectivity index is 1.58. The topological polar surface area (TPSA) is 77.8 Å². The minimum Gasteiger partial charge on any atom is -0.332 e. The molecule has 3 atom stereocenters. The van der Waals surface area contributed by atoms with Crippen molar-refractivity contribution in [3.05, 3.63) is 29.7 Å². The highest BCUT2D eigenvalue weighted by Crippen LogP contribution is 2.52. The highest BCUT2D eigenvalue weighted by Gasteiger charge is 2.42. The fourth-order valence-corrected chi connectivity index (χ4v) is 3.72. The lowest BCUT2D eigenvalue weighted by Crippen LogP contribution is -2.09. The first kappa shape index (κ1) is 12.0. The second-order valence-corrected chi connectivity index (χ2v) is 5.99. The van der Waals surface area contributed by atoms with Gasteiger partial charge in [0.15, 0.2) is 5.82 Å². The van der Waals surface area contributed by atoms with Gasteiger partial charge in [0.2, 0.25) is 0 Å². The van der Waals surface area contributed by atoms with Gasteiger partial charge in [-0.05, 0) is 42.7 Å². The Morgan fingerprint density at radius 2 is 2.20 bits per heavy atom. The number of hydrogen-bond donors (Lipinski definition) is 1. The summed E-state index contributed by atoms with van der Waals surface area (Å²) in [5.41, 5.74) is 7.30. The quantitative estimate of drug-likeness (QED) is 0.927. The van der Waals surface area contributed by atoms with Crippen LogP contribution in [-0.4, -0.2) is 15.1 Å². The highest BCUT2D eigenvalue weighted by molar-refractivity contribution is 5.46. The van der Waals surface area contributed by atoms with Crippen LogP contribution in [0.1, 0.15) is 43.0 Å². The molecule has 20 heavy (non-hydrogen) atoms. The molecule has 2 aromatic heterocycles. The summed E-state index contributed by atoms with van der Waals surface area (Å²) in [7, 11) is 0. The van der Waals surface area contributed by atoms with Crippen LogP contribution in [0.2, 0.25) is 0 Å². The van der Waals surface area contributed by atoms with E-state index < -0.39 is 0 Å². The fraction of sp³-hybridized carbons (Fsp3) is 0.533. The van der Waals surface area contributed by atoms with Crippen LogP contribution in [0.5, 0.6) is 0 Å². The first-order valence-corrected chi connectivity index (χ1v) is 7.32. The molecule has 2 aliphatic carbocycles. The van der Waals surface area contributed by atoms with Gasteiger partial charge in [-0.1, -0.05) is 17.6 Å². The van der Waals surface area contributed by atoms with Gasteiger partial charge in [0, 0.05) is 18.7 Å². The lowest BCUT2D eigenvalue weighted by molar-refractivity contribution is 0.372. The van der Waals surface area contributed by atoms with Gasteiger partial charge in [-0.15, -0.1) is 0 Å². The molecule has 0 aliphatic heterocycles. The maximum absolute atomic E-state index is 5.57. The van der Waals surface area contributed by atoms with E-state index in [0.717, 1.165) is 28.9 Å². The van der Waals surface area contributed by atoms with Gasteiger partial charge in [-0.3, -0.25) is 4.98 Å². The molecule has 0 aromatic carbocycles. The molecule has 2 heterocycles. The van der Waals surface area contributed by atoms with E-state index in [2.05, 4.69) is 15.1 Å². The summed E-state index contributed by atoms with van der Waals surface area (Å²) < 4.78 is 5.39. The van der Waals surface area contributed by atoms with Crippen molar-refractivity contribution in [3.8, 4) is 11.6 Å². The van der Waals surface area contributed by atoms with E-state index in [0.29, 0.717) is 18.4 Å². The maximum Gasteiger partial charge on any atom is 0.276 e. The van der Waals surface area contributed by atoms with Crippen molar-refractivity contribution in [2.75, 3.05) is 0 Å². The molecule has 2 aliphatic rings. The molecule has 0 amide bonds. The molecule has 2 saturated carbocycles. The van der Waals surface area contributed by atoms with Crippen LogP contribution in [0, 0.1) is 11.8 Å². The van der Waals surface area contributed by atoms with Crippen LogP contribution in [0.25, 0.3) is 11.6 Å². The van der Waals surface area contributed by atoms with E-state index >= 15 is 0 Å². The molecule has 2 N–H and O–H groups in total. The van der Waals surface area contributed by atoms with Crippen molar-refractivity contribution < 1.29 is 4.52 Å². The van der Waals surface area contributed by atoms with Gasteiger partial charge in [-0.2, -0.15) is 4.98 Å². The SMILES string of the molecule is NCc1ccc(-c2nc(C3CC4CCC3C4)no2)nc1. The largest absolute Gasteiger partial charge is 0.332 e. The Morgan fingerprint density at radius 3 is 2.85 bits per heavy atom. The molecular weight excluding hydrogens is 252 g/mol. The number of fused-ring (bicyclic) bond motifs is 2.